The molecular formula is C9H15N3. The molecule has 0 aliphatic carbocycles. The lowest BCUT2D eigenvalue weighted by atomic mass is 9.98. The summed E-state index contributed by atoms with van der Waals surface area (Å²) in [6, 6.07) is 0. The van der Waals surface area contributed by atoms with Crippen molar-refractivity contribution in [1.82, 2.24) is 14.9 Å². The molecule has 0 bridgehead atoms. The Bertz CT molecular complexity index is 254. The van der Waals surface area contributed by atoms with E-state index in [4.69, 9.17) is 0 Å². The Morgan fingerprint density at radius 1 is 1.75 bits per heavy atom. The van der Waals surface area contributed by atoms with E-state index in [2.05, 4.69) is 14.9 Å². The van der Waals surface area contributed by atoms with Gasteiger partial charge in [-0.2, -0.15) is 0 Å². The first-order valence-electron chi connectivity index (χ1n) is 4.53. The summed E-state index contributed by atoms with van der Waals surface area (Å²) in [6.07, 6.45) is 6.41. The Balaban J connectivity index is 2.05. The minimum Gasteiger partial charge on any atom is -0.334 e. The van der Waals surface area contributed by atoms with Crippen LogP contribution in [0.2, 0.25) is 0 Å². The van der Waals surface area contributed by atoms with Gasteiger partial charge in [-0.05, 0) is 32.4 Å². The van der Waals surface area contributed by atoms with Crippen LogP contribution in [0.1, 0.15) is 12.1 Å². The number of nitrogens with one attached hydrogen (secondary N) is 1. The number of imidazole rings is 1. The van der Waals surface area contributed by atoms with Gasteiger partial charge in [-0.1, -0.05) is 0 Å². The van der Waals surface area contributed by atoms with Crippen LogP contribution in [0.15, 0.2) is 12.5 Å². The van der Waals surface area contributed by atoms with Crippen molar-refractivity contribution in [3.63, 3.8) is 0 Å². The van der Waals surface area contributed by atoms with Gasteiger partial charge in [0.2, 0.25) is 0 Å². The maximum Gasteiger partial charge on any atom is 0.0948 e. The molecule has 0 saturated carbocycles. The van der Waals surface area contributed by atoms with Gasteiger partial charge >= 0.3 is 0 Å². The maximum absolute atomic E-state index is 4.14. The zero-order valence-corrected chi connectivity index (χ0v) is 7.45. The van der Waals surface area contributed by atoms with Gasteiger partial charge in [0.05, 0.1) is 6.33 Å². The molecule has 0 fully saturated rings. The number of fused-ring (bicyclic) bond motifs is 1. The van der Waals surface area contributed by atoms with Crippen LogP contribution in [0.4, 0.5) is 0 Å². The molecule has 2 rings (SSSR count). The molecule has 1 aromatic heterocycles. The van der Waals surface area contributed by atoms with Crippen molar-refractivity contribution in [2.24, 2.45) is 5.92 Å². The molecule has 12 heavy (non-hydrogen) atoms. The molecule has 3 nitrogen and oxygen atoms in total. The van der Waals surface area contributed by atoms with E-state index in [1.807, 2.05) is 19.6 Å². The number of nitrogens with zero attached hydrogens (tertiary/aromatic N) is 2. The first-order chi connectivity index (χ1) is 5.90. The predicted octanol–water partition coefficient (Wildman–Crippen LogP) is 0.665. The highest BCUT2D eigenvalue weighted by molar-refractivity contribution is 5.01. The van der Waals surface area contributed by atoms with Crippen LogP contribution in [-0.2, 0) is 13.0 Å². The molecule has 0 saturated heterocycles. The van der Waals surface area contributed by atoms with Gasteiger partial charge in [0.1, 0.15) is 0 Å². The molecule has 1 N–H and O–H groups in total. The monoisotopic (exact) mass is 165 g/mol. The topological polar surface area (TPSA) is 29.9 Å². The summed E-state index contributed by atoms with van der Waals surface area (Å²) in [5, 5.41) is 3.23. The summed E-state index contributed by atoms with van der Waals surface area (Å²) in [7, 11) is 2.02. The summed E-state index contributed by atoms with van der Waals surface area (Å²) >= 11 is 0. The molecular weight excluding hydrogens is 150 g/mol. The fourth-order valence-corrected chi connectivity index (χ4v) is 1.90. The van der Waals surface area contributed by atoms with Gasteiger partial charge < -0.3 is 9.88 Å². The second-order valence-electron chi connectivity index (χ2n) is 3.50. The Morgan fingerprint density at radius 3 is 3.50 bits per heavy atom. The molecule has 0 radical (unpaired) electrons. The van der Waals surface area contributed by atoms with Gasteiger partial charge in [0, 0.05) is 18.4 Å². The fourth-order valence-electron chi connectivity index (χ4n) is 1.90. The van der Waals surface area contributed by atoms with E-state index in [0.29, 0.717) is 0 Å². The van der Waals surface area contributed by atoms with Crippen molar-refractivity contribution in [2.45, 2.75) is 19.4 Å². The SMILES string of the molecule is CNCC1CCc2cncn2C1. The second kappa shape index (κ2) is 3.27. The molecule has 2 heterocycles. The van der Waals surface area contributed by atoms with Crippen LogP contribution < -0.4 is 5.32 Å². The summed E-state index contributed by atoms with van der Waals surface area (Å²) in [6.45, 7) is 2.26. The lowest BCUT2D eigenvalue weighted by Crippen LogP contribution is -2.27. The second-order valence-corrected chi connectivity index (χ2v) is 3.50. The van der Waals surface area contributed by atoms with E-state index in [9.17, 15) is 0 Å². The molecule has 0 spiro atoms. The minimum atomic E-state index is 0.789. The van der Waals surface area contributed by atoms with E-state index in [1.165, 1.54) is 18.5 Å². The molecule has 66 valence electrons. The van der Waals surface area contributed by atoms with Crippen molar-refractivity contribution >= 4 is 0 Å². The molecule has 1 aromatic rings. The van der Waals surface area contributed by atoms with Crippen LogP contribution >= 0.6 is 0 Å². The summed E-state index contributed by atoms with van der Waals surface area (Å²) < 4.78 is 2.27. The van der Waals surface area contributed by atoms with Gasteiger partial charge in [0.25, 0.3) is 0 Å². The van der Waals surface area contributed by atoms with Crippen LogP contribution in [0, 0.1) is 5.92 Å². The first kappa shape index (κ1) is 7.80. The van der Waals surface area contributed by atoms with E-state index in [0.717, 1.165) is 19.0 Å². The molecule has 3 heteroatoms. The highest BCUT2D eigenvalue weighted by atomic mass is 15.1. The number of aryl methyl sites for hydroxylation is 1. The Kier molecular flexibility index (Phi) is 2.13. The zero-order valence-electron chi connectivity index (χ0n) is 7.45. The van der Waals surface area contributed by atoms with Crippen LogP contribution in [0.5, 0.6) is 0 Å². The summed E-state index contributed by atoms with van der Waals surface area (Å²) in [5.74, 6) is 0.789. The first-order valence-corrected chi connectivity index (χ1v) is 4.53. The molecule has 1 unspecified atom stereocenters. The molecule has 1 aliphatic rings. The van der Waals surface area contributed by atoms with Gasteiger partial charge in [-0.15, -0.1) is 0 Å². The maximum atomic E-state index is 4.14. The van der Waals surface area contributed by atoms with E-state index >= 15 is 0 Å². The third kappa shape index (κ3) is 1.37. The number of rotatable bonds is 2. The average Bonchev–Trinajstić information content (AvgIpc) is 2.51. The highest BCUT2D eigenvalue weighted by Crippen LogP contribution is 2.18. The lowest BCUT2D eigenvalue weighted by molar-refractivity contribution is 0.360. The van der Waals surface area contributed by atoms with Crippen molar-refractivity contribution in [1.29, 1.82) is 0 Å². The molecule has 1 atom stereocenters. The Hall–Kier alpha value is -0.830. The normalized spacial score (nSPS) is 22.2. The summed E-state index contributed by atoms with van der Waals surface area (Å²) in [5.41, 5.74) is 1.39. The molecule has 0 aromatic carbocycles. The third-order valence-corrected chi connectivity index (χ3v) is 2.55. The van der Waals surface area contributed by atoms with Gasteiger partial charge in [0.15, 0.2) is 0 Å². The van der Waals surface area contributed by atoms with Gasteiger partial charge in [-0.25, -0.2) is 4.98 Å². The Labute approximate surface area is 72.8 Å². The van der Waals surface area contributed by atoms with Crippen molar-refractivity contribution in [3.8, 4) is 0 Å². The van der Waals surface area contributed by atoms with Crippen molar-refractivity contribution < 1.29 is 0 Å². The Morgan fingerprint density at radius 2 is 2.67 bits per heavy atom. The third-order valence-electron chi connectivity index (χ3n) is 2.55. The number of hydrogen-bond acceptors (Lipinski definition) is 2. The van der Waals surface area contributed by atoms with Crippen LogP contribution in [0.25, 0.3) is 0 Å². The smallest absolute Gasteiger partial charge is 0.0948 e. The van der Waals surface area contributed by atoms with E-state index < -0.39 is 0 Å². The van der Waals surface area contributed by atoms with E-state index in [1.54, 1.807) is 0 Å². The fraction of sp³-hybridized carbons (Fsp3) is 0.667. The predicted molar refractivity (Wildman–Crippen MR) is 48.0 cm³/mol. The largest absolute Gasteiger partial charge is 0.334 e. The summed E-state index contributed by atoms with van der Waals surface area (Å²) in [4.78, 5) is 4.14. The van der Waals surface area contributed by atoms with Crippen LogP contribution in [0.3, 0.4) is 0 Å². The minimum absolute atomic E-state index is 0.789. The van der Waals surface area contributed by atoms with Gasteiger partial charge in [-0.3, -0.25) is 0 Å². The number of hydrogen-bond donors (Lipinski definition) is 1. The molecule has 1 aliphatic heterocycles. The molecule has 0 amide bonds. The van der Waals surface area contributed by atoms with Crippen molar-refractivity contribution in [2.75, 3.05) is 13.6 Å². The van der Waals surface area contributed by atoms with Crippen LogP contribution in [-0.4, -0.2) is 23.1 Å². The quantitative estimate of drug-likeness (QED) is 0.698. The highest BCUT2D eigenvalue weighted by Gasteiger charge is 2.16. The van der Waals surface area contributed by atoms with E-state index in [-0.39, 0.29) is 0 Å². The van der Waals surface area contributed by atoms with Crippen molar-refractivity contribution in [3.05, 3.63) is 18.2 Å². The average molecular weight is 165 g/mol. The lowest BCUT2D eigenvalue weighted by Gasteiger charge is -2.23. The standard InChI is InChI=1S/C9H15N3/c1-10-4-8-2-3-9-5-11-7-12(9)6-8/h5,7-8,10H,2-4,6H2,1H3. The number of aromatic nitrogens is 2. The zero-order chi connectivity index (χ0) is 8.39.